The summed E-state index contributed by atoms with van der Waals surface area (Å²) < 4.78 is 0. The third kappa shape index (κ3) is 4.21. The Bertz CT molecular complexity index is 493. The van der Waals surface area contributed by atoms with Crippen molar-refractivity contribution >= 4 is 17.2 Å². The quantitative estimate of drug-likeness (QED) is 0.790. The maximum atomic E-state index is 12.2. The van der Waals surface area contributed by atoms with E-state index in [0.29, 0.717) is 6.42 Å². The van der Waals surface area contributed by atoms with Gasteiger partial charge in [0.05, 0.1) is 6.42 Å². The molecule has 0 unspecified atom stereocenters. The largest absolute Gasteiger partial charge is 0.342 e. The molecule has 0 atom stereocenters. The van der Waals surface area contributed by atoms with Gasteiger partial charge in [-0.15, -0.1) is 11.3 Å². The molecule has 0 bridgehead atoms. The Morgan fingerprint density at radius 3 is 2.58 bits per heavy atom. The van der Waals surface area contributed by atoms with E-state index in [9.17, 15) is 4.79 Å². The number of rotatable bonds is 6. The molecule has 2 rings (SSSR count). The summed E-state index contributed by atoms with van der Waals surface area (Å²) in [6.07, 6.45) is 1.45. The maximum Gasteiger partial charge on any atom is 0.227 e. The second-order valence-electron chi connectivity index (χ2n) is 4.47. The fourth-order valence-corrected chi connectivity index (χ4v) is 2.74. The fourth-order valence-electron chi connectivity index (χ4n) is 2.04. The second kappa shape index (κ2) is 7.10. The molecule has 0 saturated carbocycles. The molecule has 1 amide bonds. The Morgan fingerprint density at radius 1 is 1.16 bits per heavy atom. The van der Waals surface area contributed by atoms with E-state index in [1.165, 1.54) is 5.56 Å². The monoisotopic (exact) mass is 273 g/mol. The molecule has 0 radical (unpaired) electrons. The van der Waals surface area contributed by atoms with Crippen LogP contribution in [-0.4, -0.2) is 23.9 Å². The molecule has 0 fully saturated rings. The van der Waals surface area contributed by atoms with Gasteiger partial charge in [-0.25, -0.2) is 0 Å². The number of carbonyl (C=O) groups is 1. The zero-order chi connectivity index (χ0) is 13.5. The molecule has 0 aliphatic carbocycles. The summed E-state index contributed by atoms with van der Waals surface area (Å²) in [4.78, 5) is 15.3. The van der Waals surface area contributed by atoms with Crippen LogP contribution >= 0.6 is 11.3 Å². The Balaban J connectivity index is 1.87. The number of hydrogen-bond donors (Lipinski definition) is 0. The molecule has 100 valence electrons. The van der Waals surface area contributed by atoms with Crippen LogP contribution in [0.25, 0.3) is 0 Å². The average Bonchev–Trinajstić information content (AvgIpc) is 2.93. The van der Waals surface area contributed by atoms with Gasteiger partial charge < -0.3 is 4.90 Å². The Hall–Kier alpha value is -1.61. The van der Waals surface area contributed by atoms with Crippen LogP contribution in [0.5, 0.6) is 0 Å². The van der Waals surface area contributed by atoms with Crippen molar-refractivity contribution in [2.24, 2.45) is 0 Å². The lowest BCUT2D eigenvalue weighted by Crippen LogP contribution is -2.33. The summed E-state index contributed by atoms with van der Waals surface area (Å²) in [6, 6.07) is 14.3. The smallest absolute Gasteiger partial charge is 0.227 e. The number of amides is 1. The summed E-state index contributed by atoms with van der Waals surface area (Å²) in [5.41, 5.74) is 1.28. The van der Waals surface area contributed by atoms with Gasteiger partial charge >= 0.3 is 0 Å². The van der Waals surface area contributed by atoms with Crippen molar-refractivity contribution in [1.29, 1.82) is 0 Å². The minimum absolute atomic E-state index is 0.223. The summed E-state index contributed by atoms with van der Waals surface area (Å²) in [6.45, 7) is 3.61. The Morgan fingerprint density at radius 2 is 1.95 bits per heavy atom. The van der Waals surface area contributed by atoms with Crippen LogP contribution in [0.3, 0.4) is 0 Å². The minimum atomic E-state index is 0.223. The van der Waals surface area contributed by atoms with Crippen molar-refractivity contribution in [2.75, 3.05) is 13.1 Å². The maximum absolute atomic E-state index is 12.2. The molecule has 1 aromatic carbocycles. The third-order valence-electron chi connectivity index (χ3n) is 3.15. The van der Waals surface area contributed by atoms with Gasteiger partial charge in [0.15, 0.2) is 0 Å². The van der Waals surface area contributed by atoms with E-state index in [1.54, 1.807) is 11.3 Å². The predicted molar refractivity (Wildman–Crippen MR) is 80.4 cm³/mol. The first-order valence-corrected chi connectivity index (χ1v) is 7.51. The normalized spacial score (nSPS) is 10.4. The van der Waals surface area contributed by atoms with Crippen LogP contribution in [0.15, 0.2) is 47.8 Å². The van der Waals surface area contributed by atoms with Gasteiger partial charge in [0.2, 0.25) is 5.91 Å². The number of carbonyl (C=O) groups excluding carboxylic acids is 1. The molecule has 0 spiro atoms. The zero-order valence-corrected chi connectivity index (χ0v) is 12.0. The summed E-state index contributed by atoms with van der Waals surface area (Å²) in [7, 11) is 0. The van der Waals surface area contributed by atoms with Crippen molar-refractivity contribution in [3.8, 4) is 0 Å². The van der Waals surface area contributed by atoms with Gasteiger partial charge in [0.25, 0.3) is 0 Å². The highest BCUT2D eigenvalue weighted by Crippen LogP contribution is 2.11. The first-order valence-electron chi connectivity index (χ1n) is 6.63. The Labute approximate surface area is 118 Å². The molecule has 19 heavy (non-hydrogen) atoms. The van der Waals surface area contributed by atoms with Crippen LogP contribution in [0.2, 0.25) is 0 Å². The first kappa shape index (κ1) is 13.8. The van der Waals surface area contributed by atoms with E-state index in [-0.39, 0.29) is 5.91 Å². The van der Waals surface area contributed by atoms with Gasteiger partial charge in [-0.1, -0.05) is 36.4 Å². The van der Waals surface area contributed by atoms with Crippen LogP contribution in [0, 0.1) is 0 Å². The van der Waals surface area contributed by atoms with Crippen molar-refractivity contribution in [1.82, 2.24) is 4.90 Å². The van der Waals surface area contributed by atoms with Gasteiger partial charge in [0, 0.05) is 18.0 Å². The summed E-state index contributed by atoms with van der Waals surface area (Å²) >= 11 is 1.65. The van der Waals surface area contributed by atoms with E-state index in [1.807, 2.05) is 47.5 Å². The van der Waals surface area contributed by atoms with Crippen molar-refractivity contribution in [3.05, 3.63) is 58.3 Å². The molecular formula is C16H19NOS. The van der Waals surface area contributed by atoms with Gasteiger partial charge in [-0.05, 0) is 30.4 Å². The molecule has 2 nitrogen and oxygen atoms in total. The SMILES string of the molecule is CCN(CCc1ccccc1)C(=O)Cc1cccs1. The van der Waals surface area contributed by atoms with Crippen LogP contribution in [-0.2, 0) is 17.6 Å². The molecule has 1 aromatic heterocycles. The van der Waals surface area contributed by atoms with Crippen LogP contribution in [0.4, 0.5) is 0 Å². The van der Waals surface area contributed by atoms with E-state index < -0.39 is 0 Å². The number of likely N-dealkylation sites (N-methyl/N-ethyl adjacent to an activating group) is 1. The molecule has 0 N–H and O–H groups in total. The van der Waals surface area contributed by atoms with E-state index >= 15 is 0 Å². The first-order chi connectivity index (χ1) is 9.29. The molecule has 0 saturated heterocycles. The molecule has 1 heterocycles. The molecule has 2 aromatic rings. The highest BCUT2D eigenvalue weighted by atomic mass is 32.1. The second-order valence-corrected chi connectivity index (χ2v) is 5.50. The zero-order valence-electron chi connectivity index (χ0n) is 11.2. The molecule has 0 aliphatic heterocycles. The van der Waals surface area contributed by atoms with Crippen LogP contribution < -0.4 is 0 Å². The number of nitrogens with zero attached hydrogens (tertiary/aromatic N) is 1. The number of hydrogen-bond acceptors (Lipinski definition) is 2. The van der Waals surface area contributed by atoms with Gasteiger partial charge in [-0.2, -0.15) is 0 Å². The van der Waals surface area contributed by atoms with Crippen LogP contribution in [0.1, 0.15) is 17.4 Å². The highest BCUT2D eigenvalue weighted by molar-refractivity contribution is 7.10. The third-order valence-corrected chi connectivity index (χ3v) is 4.03. The molecule has 3 heteroatoms. The van der Waals surface area contributed by atoms with Crippen molar-refractivity contribution < 1.29 is 4.79 Å². The summed E-state index contributed by atoms with van der Waals surface area (Å²) in [5.74, 6) is 0.223. The lowest BCUT2D eigenvalue weighted by atomic mass is 10.1. The number of benzene rings is 1. The van der Waals surface area contributed by atoms with E-state index in [4.69, 9.17) is 0 Å². The lowest BCUT2D eigenvalue weighted by molar-refractivity contribution is -0.130. The van der Waals surface area contributed by atoms with Gasteiger partial charge in [0.1, 0.15) is 0 Å². The van der Waals surface area contributed by atoms with Gasteiger partial charge in [-0.3, -0.25) is 4.79 Å². The molecular weight excluding hydrogens is 254 g/mol. The van der Waals surface area contributed by atoms with Crippen molar-refractivity contribution in [3.63, 3.8) is 0 Å². The van der Waals surface area contributed by atoms with E-state index in [0.717, 1.165) is 24.4 Å². The summed E-state index contributed by atoms with van der Waals surface area (Å²) in [5, 5.41) is 2.02. The topological polar surface area (TPSA) is 20.3 Å². The molecule has 0 aliphatic rings. The minimum Gasteiger partial charge on any atom is -0.342 e. The lowest BCUT2D eigenvalue weighted by Gasteiger charge is -2.20. The average molecular weight is 273 g/mol. The van der Waals surface area contributed by atoms with E-state index in [2.05, 4.69) is 12.1 Å². The Kier molecular flexibility index (Phi) is 5.16. The fraction of sp³-hybridized carbons (Fsp3) is 0.312. The predicted octanol–water partition coefficient (Wildman–Crippen LogP) is 3.38. The van der Waals surface area contributed by atoms with Crippen molar-refractivity contribution in [2.45, 2.75) is 19.8 Å². The standard InChI is InChI=1S/C16H19NOS/c1-2-17(11-10-14-7-4-3-5-8-14)16(18)13-15-9-6-12-19-15/h3-9,12H,2,10-11,13H2,1H3. The number of thiophene rings is 1. The highest BCUT2D eigenvalue weighted by Gasteiger charge is 2.12.